The van der Waals surface area contributed by atoms with Gasteiger partial charge in [0.15, 0.2) is 5.60 Å². The van der Waals surface area contributed by atoms with E-state index < -0.39 is 11.8 Å². The summed E-state index contributed by atoms with van der Waals surface area (Å²) in [4.78, 5) is 0. The van der Waals surface area contributed by atoms with Crippen LogP contribution in [0.25, 0.3) is 10.8 Å². The lowest BCUT2D eigenvalue weighted by molar-refractivity contribution is -0.258. The second kappa shape index (κ2) is 4.98. The quantitative estimate of drug-likeness (QED) is 0.922. The van der Waals surface area contributed by atoms with Crippen molar-refractivity contribution < 1.29 is 23.0 Å². The van der Waals surface area contributed by atoms with Crippen LogP contribution in [0, 0.1) is 0 Å². The number of aliphatic hydroxyl groups is 1. The highest BCUT2D eigenvalue weighted by molar-refractivity contribution is 5.92. The second-order valence-electron chi connectivity index (χ2n) is 4.66. The molecule has 0 aliphatic rings. The first-order chi connectivity index (χ1) is 9.29. The van der Waals surface area contributed by atoms with Gasteiger partial charge in [-0.2, -0.15) is 13.2 Å². The Morgan fingerprint density at radius 3 is 2.25 bits per heavy atom. The molecule has 0 saturated heterocycles. The lowest BCUT2D eigenvalue weighted by atomic mass is 9.90. The van der Waals surface area contributed by atoms with Crippen molar-refractivity contribution in [1.29, 1.82) is 0 Å². The smallest absolute Gasteiger partial charge is 0.421 e. The van der Waals surface area contributed by atoms with E-state index in [1.165, 1.54) is 12.1 Å². The van der Waals surface area contributed by atoms with Gasteiger partial charge in [0.25, 0.3) is 0 Å². The molecule has 0 fully saturated rings. The summed E-state index contributed by atoms with van der Waals surface area (Å²) in [6.07, 6.45) is -4.76. The molecule has 0 saturated carbocycles. The summed E-state index contributed by atoms with van der Waals surface area (Å²) in [5.74, 6) is 0.338. The van der Waals surface area contributed by atoms with E-state index in [1.807, 2.05) is 0 Å². The van der Waals surface area contributed by atoms with Crippen LogP contribution in [0.3, 0.4) is 0 Å². The number of benzene rings is 2. The molecular weight excluding hydrogens is 269 g/mol. The van der Waals surface area contributed by atoms with E-state index in [0.29, 0.717) is 23.1 Å². The molecule has 2 aromatic rings. The highest BCUT2D eigenvalue weighted by Crippen LogP contribution is 2.43. The lowest BCUT2D eigenvalue weighted by Crippen LogP contribution is -2.39. The van der Waals surface area contributed by atoms with E-state index >= 15 is 0 Å². The molecule has 0 radical (unpaired) electrons. The first-order valence-electron chi connectivity index (χ1n) is 6.23. The average Bonchev–Trinajstić information content (AvgIpc) is 2.37. The van der Waals surface area contributed by atoms with Gasteiger partial charge < -0.3 is 9.84 Å². The van der Waals surface area contributed by atoms with Crippen LogP contribution in [0.5, 0.6) is 5.75 Å². The van der Waals surface area contributed by atoms with Gasteiger partial charge in [0.05, 0.1) is 6.61 Å². The maximum atomic E-state index is 13.1. The van der Waals surface area contributed by atoms with Gasteiger partial charge in [-0.3, -0.25) is 0 Å². The molecule has 0 heterocycles. The van der Waals surface area contributed by atoms with Crippen molar-refractivity contribution in [2.75, 3.05) is 6.61 Å². The highest BCUT2D eigenvalue weighted by atomic mass is 19.4. The van der Waals surface area contributed by atoms with Crippen LogP contribution in [0.4, 0.5) is 13.2 Å². The zero-order valence-corrected chi connectivity index (χ0v) is 11.2. The normalized spacial score (nSPS) is 15.1. The molecule has 0 aliphatic carbocycles. The molecule has 2 rings (SSSR count). The minimum absolute atomic E-state index is 0.202. The third-order valence-corrected chi connectivity index (χ3v) is 3.24. The molecule has 0 amide bonds. The molecule has 0 aromatic heterocycles. The minimum Gasteiger partial charge on any atom is -0.493 e. The summed E-state index contributed by atoms with van der Waals surface area (Å²) in [5, 5.41) is 10.8. The van der Waals surface area contributed by atoms with Crippen LogP contribution in [0.1, 0.15) is 19.4 Å². The fourth-order valence-corrected chi connectivity index (χ4v) is 2.14. The molecule has 108 valence electrons. The number of rotatable bonds is 3. The van der Waals surface area contributed by atoms with Crippen molar-refractivity contribution in [3.63, 3.8) is 0 Å². The van der Waals surface area contributed by atoms with Crippen molar-refractivity contribution in [3.8, 4) is 5.75 Å². The molecule has 5 heteroatoms. The fourth-order valence-electron chi connectivity index (χ4n) is 2.14. The Morgan fingerprint density at radius 2 is 1.70 bits per heavy atom. The fraction of sp³-hybridized carbons (Fsp3) is 0.333. The van der Waals surface area contributed by atoms with E-state index in [1.54, 1.807) is 31.2 Å². The predicted octanol–water partition coefficient (Wildman–Crippen LogP) is 4.01. The summed E-state index contributed by atoms with van der Waals surface area (Å²) in [6, 6.07) is 9.45. The van der Waals surface area contributed by atoms with Crippen molar-refractivity contribution >= 4 is 10.8 Å². The zero-order chi connectivity index (χ0) is 15.0. The Bertz CT molecular complexity index is 613. The molecule has 0 aliphatic heterocycles. The highest BCUT2D eigenvalue weighted by Gasteiger charge is 2.52. The predicted molar refractivity (Wildman–Crippen MR) is 70.7 cm³/mol. The van der Waals surface area contributed by atoms with Crippen molar-refractivity contribution in [1.82, 2.24) is 0 Å². The topological polar surface area (TPSA) is 29.5 Å². The van der Waals surface area contributed by atoms with Crippen LogP contribution >= 0.6 is 0 Å². The Hall–Kier alpha value is -1.75. The van der Waals surface area contributed by atoms with Crippen LogP contribution in [-0.2, 0) is 5.60 Å². The molecule has 2 nitrogen and oxygen atoms in total. The SMILES string of the molecule is CCOc1cccc2cccc(C(C)(O)C(F)(F)F)c12. The largest absolute Gasteiger partial charge is 0.493 e. The number of ether oxygens (including phenoxy) is 1. The van der Waals surface area contributed by atoms with Gasteiger partial charge in [0.2, 0.25) is 0 Å². The number of halogens is 3. The summed E-state index contributed by atoms with van der Waals surface area (Å²) < 4.78 is 44.6. The first-order valence-corrected chi connectivity index (χ1v) is 6.23. The molecule has 1 unspecified atom stereocenters. The molecule has 20 heavy (non-hydrogen) atoms. The maximum absolute atomic E-state index is 13.1. The second-order valence-corrected chi connectivity index (χ2v) is 4.66. The van der Waals surface area contributed by atoms with Crippen molar-refractivity contribution in [2.24, 2.45) is 0 Å². The molecule has 0 spiro atoms. The van der Waals surface area contributed by atoms with E-state index in [0.717, 1.165) is 6.92 Å². The summed E-state index contributed by atoms with van der Waals surface area (Å²) in [7, 11) is 0. The van der Waals surface area contributed by atoms with Crippen LogP contribution in [-0.4, -0.2) is 17.9 Å². The molecular formula is C15H15F3O2. The van der Waals surface area contributed by atoms with E-state index in [-0.39, 0.29) is 5.56 Å². The summed E-state index contributed by atoms with van der Waals surface area (Å²) in [5.41, 5.74) is -3.13. The van der Waals surface area contributed by atoms with Crippen molar-refractivity contribution in [3.05, 3.63) is 42.0 Å². The molecule has 1 N–H and O–H groups in total. The summed E-state index contributed by atoms with van der Waals surface area (Å²) in [6.45, 7) is 2.84. The molecule has 2 aromatic carbocycles. The van der Waals surface area contributed by atoms with Gasteiger partial charge in [0.1, 0.15) is 5.75 Å². The average molecular weight is 284 g/mol. The third-order valence-electron chi connectivity index (χ3n) is 3.24. The van der Waals surface area contributed by atoms with Gasteiger partial charge in [-0.1, -0.05) is 30.3 Å². The Balaban J connectivity index is 2.77. The Kier molecular flexibility index (Phi) is 3.65. The minimum atomic E-state index is -4.76. The van der Waals surface area contributed by atoms with Gasteiger partial charge in [-0.15, -0.1) is 0 Å². The van der Waals surface area contributed by atoms with E-state index in [2.05, 4.69) is 0 Å². The van der Waals surface area contributed by atoms with E-state index in [9.17, 15) is 18.3 Å². The van der Waals surface area contributed by atoms with Crippen molar-refractivity contribution in [2.45, 2.75) is 25.6 Å². The number of alkyl halides is 3. The number of hydrogen-bond donors (Lipinski definition) is 1. The third kappa shape index (κ3) is 2.33. The van der Waals surface area contributed by atoms with Crippen LogP contribution < -0.4 is 4.74 Å². The number of fused-ring (bicyclic) bond motifs is 1. The van der Waals surface area contributed by atoms with Crippen LogP contribution in [0.15, 0.2) is 36.4 Å². The maximum Gasteiger partial charge on any atom is 0.421 e. The molecule has 0 bridgehead atoms. The van der Waals surface area contributed by atoms with E-state index in [4.69, 9.17) is 4.74 Å². The standard InChI is InChI=1S/C15H15F3O2/c1-3-20-12-9-5-7-10-6-4-8-11(13(10)12)14(2,19)15(16,17)18/h4-9,19H,3H2,1-2H3. The monoisotopic (exact) mass is 284 g/mol. The van der Waals surface area contributed by atoms with Crippen LogP contribution in [0.2, 0.25) is 0 Å². The van der Waals surface area contributed by atoms with Gasteiger partial charge in [0, 0.05) is 10.9 Å². The number of hydrogen-bond acceptors (Lipinski definition) is 2. The summed E-state index contributed by atoms with van der Waals surface area (Å²) >= 11 is 0. The molecule has 1 atom stereocenters. The zero-order valence-electron chi connectivity index (χ0n) is 11.2. The van der Waals surface area contributed by atoms with Gasteiger partial charge >= 0.3 is 6.18 Å². The van der Waals surface area contributed by atoms with Gasteiger partial charge in [-0.05, 0) is 25.3 Å². The Morgan fingerprint density at radius 1 is 1.10 bits per heavy atom. The Labute approximate surface area is 114 Å². The lowest BCUT2D eigenvalue weighted by Gasteiger charge is -2.28. The first kappa shape index (κ1) is 14.7. The van der Waals surface area contributed by atoms with Gasteiger partial charge in [-0.25, -0.2) is 0 Å².